The van der Waals surface area contributed by atoms with Crippen LogP contribution in [0.3, 0.4) is 0 Å². The highest BCUT2D eigenvalue weighted by Crippen LogP contribution is 2.15. The summed E-state index contributed by atoms with van der Waals surface area (Å²) in [5.74, 6) is 6.11. The molecule has 0 amide bonds. The number of carbonyl (C=O) groups is 1. The molecule has 0 saturated carbocycles. The Labute approximate surface area is 82.8 Å². The van der Waals surface area contributed by atoms with Gasteiger partial charge in [-0.05, 0) is 32.2 Å². The molecule has 1 nitrogen and oxygen atoms in total. The molecule has 0 fully saturated rings. The molecule has 0 aliphatic rings. The van der Waals surface area contributed by atoms with Crippen molar-refractivity contribution in [2.45, 2.75) is 20.8 Å². The summed E-state index contributed by atoms with van der Waals surface area (Å²) in [4.78, 5) is 11.3. The van der Waals surface area contributed by atoms with Gasteiger partial charge in [0.25, 0.3) is 0 Å². The molecule has 0 N–H and O–H groups in total. The first kappa shape index (κ1) is 10.0. The van der Waals surface area contributed by atoms with E-state index >= 15 is 0 Å². The van der Waals surface area contributed by atoms with Crippen LogP contribution in [0.1, 0.15) is 36.0 Å². The molecule has 0 radical (unpaired) electrons. The molecule has 0 aromatic carbocycles. The Balaban J connectivity index is 2.95. The Morgan fingerprint density at radius 2 is 2.15 bits per heavy atom. The molecule has 1 aromatic rings. The lowest BCUT2D eigenvalue weighted by Gasteiger charge is -2.06. The molecule has 0 unspecified atom stereocenters. The third kappa shape index (κ3) is 3.04. The van der Waals surface area contributed by atoms with Gasteiger partial charge >= 0.3 is 0 Å². The number of rotatable bonds is 1. The van der Waals surface area contributed by atoms with Gasteiger partial charge in [-0.3, -0.25) is 4.79 Å². The van der Waals surface area contributed by atoms with Crippen LogP contribution in [0.15, 0.2) is 11.4 Å². The van der Waals surface area contributed by atoms with Gasteiger partial charge in [0.1, 0.15) is 0 Å². The molecule has 0 bridgehead atoms. The van der Waals surface area contributed by atoms with Gasteiger partial charge < -0.3 is 0 Å². The van der Waals surface area contributed by atoms with Gasteiger partial charge in [0.15, 0.2) is 6.29 Å². The summed E-state index contributed by atoms with van der Waals surface area (Å²) in [6, 6.07) is 1.88. The lowest BCUT2D eigenvalue weighted by atomic mass is 9.97. The first-order valence-corrected chi connectivity index (χ1v) is 4.97. The van der Waals surface area contributed by atoms with Crippen LogP contribution in [0.4, 0.5) is 0 Å². The van der Waals surface area contributed by atoms with Crippen LogP contribution in [-0.2, 0) is 0 Å². The smallest absolute Gasteiger partial charge is 0.161 e. The van der Waals surface area contributed by atoms with E-state index in [1.807, 2.05) is 32.2 Å². The topological polar surface area (TPSA) is 17.1 Å². The van der Waals surface area contributed by atoms with E-state index in [2.05, 4.69) is 11.8 Å². The molecule has 1 rings (SSSR count). The first-order valence-electron chi connectivity index (χ1n) is 4.09. The SMILES string of the molecule is CC(C)(C)C#Cc1ccsc1C=O. The second-order valence-corrected chi connectivity index (χ2v) is 4.76. The molecule has 0 spiro atoms. The zero-order chi connectivity index (χ0) is 9.90. The summed E-state index contributed by atoms with van der Waals surface area (Å²) in [7, 11) is 0. The Hall–Kier alpha value is -1.07. The van der Waals surface area contributed by atoms with Crippen LogP contribution in [0, 0.1) is 17.3 Å². The van der Waals surface area contributed by atoms with E-state index in [-0.39, 0.29) is 5.41 Å². The molecule has 0 aliphatic heterocycles. The van der Waals surface area contributed by atoms with Crippen molar-refractivity contribution >= 4 is 17.6 Å². The number of carbonyl (C=O) groups excluding carboxylic acids is 1. The molecule has 13 heavy (non-hydrogen) atoms. The molecule has 2 heteroatoms. The second-order valence-electron chi connectivity index (χ2n) is 3.82. The van der Waals surface area contributed by atoms with Crippen LogP contribution in [0.5, 0.6) is 0 Å². The lowest BCUT2D eigenvalue weighted by Crippen LogP contribution is -1.99. The fourth-order valence-electron chi connectivity index (χ4n) is 0.770. The minimum atomic E-state index is -0.0118. The van der Waals surface area contributed by atoms with Gasteiger partial charge in [0.2, 0.25) is 0 Å². The standard InChI is InChI=1S/C11H12OS/c1-11(2,3)6-4-9-5-7-13-10(9)8-12/h5,7-8H,1-3H3. The van der Waals surface area contributed by atoms with Crippen molar-refractivity contribution in [1.82, 2.24) is 0 Å². The van der Waals surface area contributed by atoms with Crippen LogP contribution in [0.2, 0.25) is 0 Å². The molecule has 0 saturated heterocycles. The first-order chi connectivity index (χ1) is 6.03. The molecular weight excluding hydrogens is 180 g/mol. The fraction of sp³-hybridized carbons (Fsp3) is 0.364. The van der Waals surface area contributed by atoms with E-state index in [9.17, 15) is 4.79 Å². The van der Waals surface area contributed by atoms with Crippen molar-refractivity contribution in [2.24, 2.45) is 5.41 Å². The molecular formula is C11H12OS. The summed E-state index contributed by atoms with van der Waals surface area (Å²) in [5, 5.41) is 1.89. The summed E-state index contributed by atoms with van der Waals surface area (Å²) >= 11 is 1.43. The Kier molecular flexibility index (Phi) is 2.90. The van der Waals surface area contributed by atoms with Gasteiger partial charge in [0.05, 0.1) is 4.88 Å². The minimum absolute atomic E-state index is 0.0118. The predicted octanol–water partition coefficient (Wildman–Crippen LogP) is 2.96. The number of thiophene rings is 1. The Morgan fingerprint density at radius 3 is 2.69 bits per heavy atom. The van der Waals surface area contributed by atoms with E-state index in [1.165, 1.54) is 11.3 Å². The third-order valence-corrected chi connectivity index (χ3v) is 2.22. The maximum Gasteiger partial charge on any atom is 0.161 e. The average Bonchev–Trinajstić information content (AvgIpc) is 2.46. The summed E-state index contributed by atoms with van der Waals surface area (Å²) in [5.41, 5.74) is 0.831. The number of hydrogen-bond donors (Lipinski definition) is 0. The van der Waals surface area contributed by atoms with Crippen LogP contribution >= 0.6 is 11.3 Å². The van der Waals surface area contributed by atoms with Crippen molar-refractivity contribution in [3.8, 4) is 11.8 Å². The monoisotopic (exact) mass is 192 g/mol. The summed E-state index contributed by atoms with van der Waals surface area (Å²) < 4.78 is 0. The van der Waals surface area contributed by atoms with Gasteiger partial charge in [0, 0.05) is 11.0 Å². The number of hydrogen-bond acceptors (Lipinski definition) is 2. The van der Waals surface area contributed by atoms with Crippen molar-refractivity contribution in [3.05, 3.63) is 21.9 Å². The molecule has 1 heterocycles. The third-order valence-electron chi connectivity index (χ3n) is 1.37. The molecule has 0 atom stereocenters. The molecule has 68 valence electrons. The van der Waals surface area contributed by atoms with Crippen molar-refractivity contribution < 1.29 is 4.79 Å². The van der Waals surface area contributed by atoms with Gasteiger partial charge in [-0.25, -0.2) is 0 Å². The van der Waals surface area contributed by atoms with Crippen LogP contribution in [0.25, 0.3) is 0 Å². The summed E-state index contributed by atoms with van der Waals surface area (Å²) in [6.07, 6.45) is 0.858. The highest BCUT2D eigenvalue weighted by Gasteiger charge is 2.04. The second kappa shape index (κ2) is 3.76. The van der Waals surface area contributed by atoms with Crippen molar-refractivity contribution in [3.63, 3.8) is 0 Å². The maximum atomic E-state index is 10.6. The largest absolute Gasteiger partial charge is 0.297 e. The lowest BCUT2D eigenvalue weighted by molar-refractivity contribution is 0.112. The molecule has 1 aromatic heterocycles. The van der Waals surface area contributed by atoms with E-state index < -0.39 is 0 Å². The number of aldehydes is 1. The van der Waals surface area contributed by atoms with E-state index in [0.29, 0.717) is 0 Å². The molecule has 0 aliphatic carbocycles. The normalized spacial score (nSPS) is 10.4. The Morgan fingerprint density at radius 1 is 1.46 bits per heavy atom. The average molecular weight is 192 g/mol. The summed E-state index contributed by atoms with van der Waals surface area (Å²) in [6.45, 7) is 6.15. The maximum absolute atomic E-state index is 10.6. The van der Waals surface area contributed by atoms with E-state index in [0.717, 1.165) is 16.7 Å². The predicted molar refractivity (Wildman–Crippen MR) is 56.0 cm³/mol. The van der Waals surface area contributed by atoms with Crippen LogP contribution in [-0.4, -0.2) is 6.29 Å². The van der Waals surface area contributed by atoms with Crippen LogP contribution < -0.4 is 0 Å². The van der Waals surface area contributed by atoms with Gasteiger partial charge in [-0.2, -0.15) is 0 Å². The quantitative estimate of drug-likeness (QED) is 0.494. The highest BCUT2D eigenvalue weighted by atomic mass is 32.1. The van der Waals surface area contributed by atoms with E-state index in [4.69, 9.17) is 0 Å². The van der Waals surface area contributed by atoms with Gasteiger partial charge in [-0.1, -0.05) is 11.8 Å². The van der Waals surface area contributed by atoms with Crippen molar-refractivity contribution in [2.75, 3.05) is 0 Å². The Bertz CT molecular complexity index is 357. The van der Waals surface area contributed by atoms with E-state index in [1.54, 1.807) is 0 Å². The zero-order valence-corrected chi connectivity index (χ0v) is 8.87. The highest BCUT2D eigenvalue weighted by molar-refractivity contribution is 7.11. The minimum Gasteiger partial charge on any atom is -0.297 e. The van der Waals surface area contributed by atoms with Crippen molar-refractivity contribution in [1.29, 1.82) is 0 Å². The zero-order valence-electron chi connectivity index (χ0n) is 8.05. The van der Waals surface area contributed by atoms with Gasteiger partial charge in [-0.15, -0.1) is 11.3 Å². The fourth-order valence-corrected chi connectivity index (χ4v) is 1.42.